The monoisotopic (exact) mass is 239 g/mol. The lowest BCUT2D eigenvalue weighted by Crippen LogP contribution is -1.64. The van der Waals surface area contributed by atoms with Gasteiger partial charge in [0.2, 0.25) is 5.13 Å². The van der Waals surface area contributed by atoms with Crippen LogP contribution in [0.3, 0.4) is 0 Å². The highest BCUT2D eigenvalue weighted by atomic mass is 32.1. The van der Waals surface area contributed by atoms with Crippen LogP contribution in [-0.4, -0.2) is 4.98 Å². The predicted molar refractivity (Wildman–Crippen MR) is 70.2 cm³/mol. The number of azo groups is 1. The van der Waals surface area contributed by atoms with Crippen molar-refractivity contribution in [3.8, 4) is 0 Å². The van der Waals surface area contributed by atoms with Gasteiger partial charge in [-0.25, -0.2) is 4.98 Å². The van der Waals surface area contributed by atoms with Crippen molar-refractivity contribution in [2.45, 2.75) is 0 Å². The van der Waals surface area contributed by atoms with Crippen LogP contribution in [0, 0.1) is 0 Å². The molecule has 0 saturated carbocycles. The van der Waals surface area contributed by atoms with Gasteiger partial charge in [-0.3, -0.25) is 0 Å². The van der Waals surface area contributed by atoms with Gasteiger partial charge < -0.3 is 0 Å². The molecule has 82 valence electrons. The van der Waals surface area contributed by atoms with Gasteiger partial charge in [-0.05, 0) is 24.3 Å². The largest absolute Gasteiger partial charge is 0.231 e. The molecule has 0 amide bonds. The highest BCUT2D eigenvalue weighted by molar-refractivity contribution is 7.21. The van der Waals surface area contributed by atoms with E-state index in [9.17, 15) is 0 Å². The Kier molecular flexibility index (Phi) is 2.63. The molecule has 0 saturated heterocycles. The number of para-hydroxylation sites is 1. The van der Waals surface area contributed by atoms with Crippen molar-refractivity contribution in [2.75, 3.05) is 0 Å². The molecule has 0 atom stereocenters. The van der Waals surface area contributed by atoms with Gasteiger partial charge in [0, 0.05) is 0 Å². The molecule has 2 aromatic carbocycles. The third-order valence-corrected chi connectivity index (χ3v) is 3.21. The van der Waals surface area contributed by atoms with E-state index in [4.69, 9.17) is 0 Å². The van der Waals surface area contributed by atoms with Crippen LogP contribution in [0.4, 0.5) is 10.8 Å². The third-order valence-electron chi connectivity index (χ3n) is 2.29. The summed E-state index contributed by atoms with van der Waals surface area (Å²) in [4.78, 5) is 4.39. The molecule has 3 aromatic rings. The number of benzene rings is 2. The van der Waals surface area contributed by atoms with Crippen LogP contribution in [0.2, 0.25) is 0 Å². The maximum absolute atomic E-state index is 4.39. The van der Waals surface area contributed by atoms with E-state index in [2.05, 4.69) is 15.2 Å². The van der Waals surface area contributed by atoms with E-state index in [-0.39, 0.29) is 0 Å². The van der Waals surface area contributed by atoms with Gasteiger partial charge in [-0.1, -0.05) is 41.7 Å². The van der Waals surface area contributed by atoms with Gasteiger partial charge in [0.25, 0.3) is 0 Å². The first kappa shape index (κ1) is 10.1. The molecular formula is C13H9N3S. The zero-order chi connectivity index (χ0) is 11.5. The summed E-state index contributed by atoms with van der Waals surface area (Å²) < 4.78 is 1.13. The number of thiazole rings is 1. The smallest absolute Gasteiger partial charge is 0.217 e. The van der Waals surface area contributed by atoms with E-state index < -0.39 is 0 Å². The Labute approximate surface area is 102 Å². The molecule has 0 spiro atoms. The summed E-state index contributed by atoms with van der Waals surface area (Å²) >= 11 is 1.54. The van der Waals surface area contributed by atoms with Gasteiger partial charge in [0.05, 0.1) is 15.9 Å². The van der Waals surface area contributed by atoms with Crippen molar-refractivity contribution in [2.24, 2.45) is 10.2 Å². The van der Waals surface area contributed by atoms with Crippen LogP contribution in [0.25, 0.3) is 10.2 Å². The lowest BCUT2D eigenvalue weighted by atomic mass is 10.3. The van der Waals surface area contributed by atoms with Crippen LogP contribution in [0.15, 0.2) is 64.8 Å². The molecule has 4 heteroatoms. The van der Waals surface area contributed by atoms with Crippen molar-refractivity contribution in [3.05, 3.63) is 54.6 Å². The standard InChI is InChI=1S/C13H9N3S/c1-2-6-10(7-3-1)15-16-13-14-11-8-4-5-9-12(11)17-13/h1-9H/b16-15+. The Morgan fingerprint density at radius 1 is 0.824 bits per heavy atom. The van der Waals surface area contributed by atoms with Gasteiger partial charge in [-0.2, -0.15) is 0 Å². The number of nitrogens with zero attached hydrogens (tertiary/aromatic N) is 3. The van der Waals surface area contributed by atoms with Crippen LogP contribution in [0.1, 0.15) is 0 Å². The Morgan fingerprint density at radius 2 is 1.59 bits per heavy atom. The lowest BCUT2D eigenvalue weighted by Gasteiger charge is -1.87. The summed E-state index contributed by atoms with van der Waals surface area (Å²) in [6.07, 6.45) is 0. The normalized spacial score (nSPS) is 11.3. The lowest BCUT2D eigenvalue weighted by molar-refractivity contribution is 1.21. The average molecular weight is 239 g/mol. The van der Waals surface area contributed by atoms with E-state index in [0.29, 0.717) is 5.13 Å². The second-order valence-electron chi connectivity index (χ2n) is 3.50. The van der Waals surface area contributed by atoms with E-state index in [1.165, 1.54) is 0 Å². The van der Waals surface area contributed by atoms with Gasteiger partial charge in [-0.15, -0.1) is 10.2 Å². The average Bonchev–Trinajstić information content (AvgIpc) is 2.80. The molecule has 0 radical (unpaired) electrons. The molecule has 3 rings (SSSR count). The number of hydrogen-bond donors (Lipinski definition) is 0. The molecule has 0 aliphatic carbocycles. The van der Waals surface area contributed by atoms with E-state index in [1.54, 1.807) is 11.3 Å². The minimum atomic E-state index is 0.690. The SMILES string of the molecule is c1ccc(/N=N/c2nc3ccccc3s2)cc1. The number of fused-ring (bicyclic) bond motifs is 1. The first-order valence-electron chi connectivity index (χ1n) is 5.24. The maximum Gasteiger partial charge on any atom is 0.231 e. The molecule has 3 nitrogen and oxygen atoms in total. The first-order chi connectivity index (χ1) is 8.42. The Hall–Kier alpha value is -2.07. The zero-order valence-electron chi connectivity index (χ0n) is 8.95. The maximum atomic E-state index is 4.39. The molecule has 0 bridgehead atoms. The Balaban J connectivity index is 1.92. The van der Waals surface area contributed by atoms with Crippen molar-refractivity contribution in [3.63, 3.8) is 0 Å². The van der Waals surface area contributed by atoms with Crippen molar-refractivity contribution in [1.82, 2.24) is 4.98 Å². The second-order valence-corrected chi connectivity index (χ2v) is 4.51. The molecule has 0 aliphatic rings. The molecule has 1 heterocycles. The fraction of sp³-hybridized carbons (Fsp3) is 0. The second kappa shape index (κ2) is 4.43. The number of aromatic nitrogens is 1. The Morgan fingerprint density at radius 3 is 2.41 bits per heavy atom. The summed E-state index contributed by atoms with van der Waals surface area (Å²) in [6.45, 7) is 0. The van der Waals surface area contributed by atoms with E-state index >= 15 is 0 Å². The molecular weight excluding hydrogens is 230 g/mol. The third kappa shape index (κ3) is 2.21. The topological polar surface area (TPSA) is 37.6 Å². The fourth-order valence-corrected chi connectivity index (χ4v) is 2.29. The fourth-order valence-electron chi connectivity index (χ4n) is 1.50. The van der Waals surface area contributed by atoms with Gasteiger partial charge >= 0.3 is 0 Å². The number of rotatable bonds is 2. The van der Waals surface area contributed by atoms with Crippen molar-refractivity contribution in [1.29, 1.82) is 0 Å². The minimum Gasteiger partial charge on any atom is -0.217 e. The quantitative estimate of drug-likeness (QED) is 0.596. The van der Waals surface area contributed by atoms with Crippen molar-refractivity contribution >= 4 is 32.4 Å². The van der Waals surface area contributed by atoms with Gasteiger partial charge in [0.15, 0.2) is 0 Å². The molecule has 0 N–H and O–H groups in total. The summed E-state index contributed by atoms with van der Waals surface area (Å²) in [5, 5.41) is 8.98. The summed E-state index contributed by atoms with van der Waals surface area (Å²) in [5.41, 5.74) is 1.81. The molecule has 17 heavy (non-hydrogen) atoms. The summed E-state index contributed by atoms with van der Waals surface area (Å²) in [6, 6.07) is 17.6. The molecule has 0 aliphatic heterocycles. The molecule has 0 unspecified atom stereocenters. The minimum absolute atomic E-state index is 0.690. The van der Waals surface area contributed by atoms with Crippen molar-refractivity contribution < 1.29 is 0 Å². The highest BCUT2D eigenvalue weighted by Crippen LogP contribution is 2.28. The molecule has 1 aromatic heterocycles. The van der Waals surface area contributed by atoms with Crippen LogP contribution >= 0.6 is 11.3 Å². The summed E-state index contributed by atoms with van der Waals surface area (Å²) in [5.74, 6) is 0. The van der Waals surface area contributed by atoms with Crippen LogP contribution in [-0.2, 0) is 0 Å². The summed E-state index contributed by atoms with van der Waals surface area (Å²) in [7, 11) is 0. The zero-order valence-corrected chi connectivity index (χ0v) is 9.76. The Bertz CT molecular complexity index is 625. The van der Waals surface area contributed by atoms with Gasteiger partial charge in [0.1, 0.15) is 0 Å². The van der Waals surface area contributed by atoms with Crippen LogP contribution < -0.4 is 0 Å². The highest BCUT2D eigenvalue weighted by Gasteiger charge is 2.00. The van der Waals surface area contributed by atoms with E-state index in [0.717, 1.165) is 15.9 Å². The number of hydrogen-bond acceptors (Lipinski definition) is 4. The van der Waals surface area contributed by atoms with E-state index in [1.807, 2.05) is 54.6 Å². The molecule has 0 fully saturated rings. The van der Waals surface area contributed by atoms with Crippen LogP contribution in [0.5, 0.6) is 0 Å². The first-order valence-corrected chi connectivity index (χ1v) is 6.06. The predicted octanol–water partition coefficient (Wildman–Crippen LogP) is 4.71.